The Labute approximate surface area is 203 Å². The SMILES string of the molecule is Cc1sc2ncnc(Nc3cc(Cl)ccc3Oc3ccccc3)c2c1-c1ccc(Br)cc1. The van der Waals surface area contributed by atoms with Gasteiger partial charge in [0.05, 0.1) is 11.1 Å². The van der Waals surface area contributed by atoms with E-state index < -0.39 is 0 Å². The molecule has 158 valence electrons. The van der Waals surface area contributed by atoms with Gasteiger partial charge in [0.25, 0.3) is 0 Å². The van der Waals surface area contributed by atoms with E-state index in [1.165, 1.54) is 4.88 Å². The number of rotatable bonds is 5. The van der Waals surface area contributed by atoms with Crippen molar-refractivity contribution in [3.63, 3.8) is 0 Å². The molecule has 0 fully saturated rings. The van der Waals surface area contributed by atoms with Crippen molar-refractivity contribution < 1.29 is 4.74 Å². The van der Waals surface area contributed by atoms with Crippen molar-refractivity contribution in [2.24, 2.45) is 0 Å². The van der Waals surface area contributed by atoms with Crippen molar-refractivity contribution in [1.82, 2.24) is 9.97 Å². The number of para-hydroxylation sites is 1. The van der Waals surface area contributed by atoms with E-state index in [1.54, 1.807) is 17.7 Å². The molecule has 0 aliphatic rings. The summed E-state index contributed by atoms with van der Waals surface area (Å²) >= 11 is 11.5. The molecule has 0 saturated heterocycles. The summed E-state index contributed by atoms with van der Waals surface area (Å²) in [4.78, 5) is 11.2. The fourth-order valence-corrected chi connectivity index (χ4v) is 4.98. The fraction of sp³-hybridized carbons (Fsp3) is 0.0400. The maximum Gasteiger partial charge on any atom is 0.151 e. The highest BCUT2D eigenvalue weighted by Gasteiger charge is 2.18. The third kappa shape index (κ3) is 4.21. The van der Waals surface area contributed by atoms with Gasteiger partial charge in [-0.05, 0) is 55.0 Å². The molecule has 5 rings (SSSR count). The number of aryl methyl sites for hydroxylation is 1. The van der Waals surface area contributed by atoms with Crippen molar-refractivity contribution in [1.29, 1.82) is 0 Å². The summed E-state index contributed by atoms with van der Waals surface area (Å²) in [6.07, 6.45) is 1.58. The molecule has 2 aromatic heterocycles. The summed E-state index contributed by atoms with van der Waals surface area (Å²) in [5.41, 5.74) is 2.96. The largest absolute Gasteiger partial charge is 0.455 e. The van der Waals surface area contributed by atoms with Crippen LogP contribution >= 0.6 is 38.9 Å². The molecular weight excluding hydrogens is 506 g/mol. The zero-order chi connectivity index (χ0) is 22.1. The van der Waals surface area contributed by atoms with E-state index in [0.29, 0.717) is 16.6 Å². The second-order valence-corrected chi connectivity index (χ2v) is 9.68. The molecule has 0 radical (unpaired) electrons. The third-order valence-electron chi connectivity index (χ3n) is 4.96. The summed E-state index contributed by atoms with van der Waals surface area (Å²) in [7, 11) is 0. The molecule has 5 aromatic rings. The van der Waals surface area contributed by atoms with Crippen LogP contribution in [0.5, 0.6) is 11.5 Å². The molecule has 0 amide bonds. The quantitative estimate of drug-likeness (QED) is 0.251. The third-order valence-corrected chi connectivity index (χ3v) is 6.74. The molecular formula is C25H17BrClN3OS. The molecule has 7 heteroatoms. The highest BCUT2D eigenvalue weighted by Crippen LogP contribution is 2.42. The molecule has 0 bridgehead atoms. The first-order chi connectivity index (χ1) is 15.6. The van der Waals surface area contributed by atoms with Crippen LogP contribution in [-0.2, 0) is 0 Å². The number of fused-ring (bicyclic) bond motifs is 1. The van der Waals surface area contributed by atoms with Gasteiger partial charge >= 0.3 is 0 Å². The van der Waals surface area contributed by atoms with Gasteiger partial charge in [-0.2, -0.15) is 0 Å². The highest BCUT2D eigenvalue weighted by atomic mass is 79.9. The van der Waals surface area contributed by atoms with E-state index in [0.717, 1.165) is 37.3 Å². The highest BCUT2D eigenvalue weighted by molar-refractivity contribution is 9.10. The van der Waals surface area contributed by atoms with Gasteiger partial charge < -0.3 is 10.1 Å². The second-order valence-electron chi connectivity index (χ2n) is 7.12. The van der Waals surface area contributed by atoms with Crippen LogP contribution in [0, 0.1) is 6.92 Å². The van der Waals surface area contributed by atoms with Crippen LogP contribution in [0.4, 0.5) is 11.5 Å². The lowest BCUT2D eigenvalue weighted by molar-refractivity contribution is 0.485. The number of ether oxygens (including phenoxy) is 1. The Morgan fingerprint density at radius 1 is 0.969 bits per heavy atom. The number of halogens is 2. The van der Waals surface area contributed by atoms with E-state index >= 15 is 0 Å². The number of aromatic nitrogens is 2. The molecule has 3 aromatic carbocycles. The first kappa shape index (κ1) is 20.9. The number of hydrogen-bond donors (Lipinski definition) is 1. The van der Waals surface area contributed by atoms with Crippen LogP contribution in [0.25, 0.3) is 21.3 Å². The first-order valence-electron chi connectivity index (χ1n) is 9.88. The lowest BCUT2D eigenvalue weighted by atomic mass is 10.0. The van der Waals surface area contributed by atoms with E-state index in [2.05, 4.69) is 50.3 Å². The number of benzene rings is 3. The Kier molecular flexibility index (Phi) is 5.83. The van der Waals surface area contributed by atoms with Gasteiger partial charge in [0, 0.05) is 19.9 Å². The maximum atomic E-state index is 6.32. The minimum atomic E-state index is 0.604. The van der Waals surface area contributed by atoms with Crippen LogP contribution < -0.4 is 10.1 Å². The van der Waals surface area contributed by atoms with Crippen molar-refractivity contribution in [2.75, 3.05) is 5.32 Å². The summed E-state index contributed by atoms with van der Waals surface area (Å²) in [5.74, 6) is 2.11. The fourth-order valence-electron chi connectivity index (χ4n) is 3.54. The van der Waals surface area contributed by atoms with Gasteiger partial charge in [-0.1, -0.05) is 57.9 Å². The minimum absolute atomic E-state index is 0.604. The summed E-state index contributed by atoms with van der Waals surface area (Å²) in [6.45, 7) is 2.11. The van der Waals surface area contributed by atoms with E-state index in [-0.39, 0.29) is 0 Å². The number of thiophene rings is 1. The van der Waals surface area contributed by atoms with Gasteiger partial charge in [0.15, 0.2) is 5.75 Å². The second kappa shape index (κ2) is 8.90. The van der Waals surface area contributed by atoms with E-state index in [1.807, 2.05) is 60.7 Å². The predicted octanol–water partition coefficient (Wildman–Crippen LogP) is 8.62. The average molecular weight is 523 g/mol. The van der Waals surface area contributed by atoms with E-state index in [4.69, 9.17) is 16.3 Å². The molecule has 0 aliphatic heterocycles. The first-order valence-corrected chi connectivity index (χ1v) is 11.9. The molecule has 0 spiro atoms. The normalized spacial score (nSPS) is 11.0. The summed E-state index contributed by atoms with van der Waals surface area (Å²) in [5, 5.41) is 5.03. The van der Waals surface area contributed by atoms with Crippen LogP contribution in [0.2, 0.25) is 5.02 Å². The van der Waals surface area contributed by atoms with Crippen molar-refractivity contribution in [3.05, 3.63) is 93.5 Å². The number of nitrogens with one attached hydrogen (secondary N) is 1. The van der Waals surface area contributed by atoms with Crippen molar-refractivity contribution in [3.8, 4) is 22.6 Å². The molecule has 1 N–H and O–H groups in total. The monoisotopic (exact) mass is 521 g/mol. The van der Waals surface area contributed by atoms with Crippen LogP contribution in [0.3, 0.4) is 0 Å². The summed E-state index contributed by atoms with van der Waals surface area (Å²) < 4.78 is 7.15. The molecule has 0 saturated carbocycles. The minimum Gasteiger partial charge on any atom is -0.455 e. The topological polar surface area (TPSA) is 47.0 Å². The Hall–Kier alpha value is -2.93. The lowest BCUT2D eigenvalue weighted by Crippen LogP contribution is -1.98. The smallest absolute Gasteiger partial charge is 0.151 e. The number of nitrogens with zero attached hydrogens (tertiary/aromatic N) is 2. The Morgan fingerprint density at radius 3 is 2.53 bits per heavy atom. The van der Waals surface area contributed by atoms with Crippen LogP contribution in [0.1, 0.15) is 4.88 Å². The standard InChI is InChI=1S/C25H17BrClN3OS/c1-15-22(16-7-9-17(26)10-8-16)23-24(28-14-29-25(23)32-15)30-20-13-18(27)11-12-21(20)31-19-5-3-2-4-6-19/h2-14H,1H3,(H,28,29,30). The van der Waals surface area contributed by atoms with Gasteiger partial charge in [0.1, 0.15) is 22.7 Å². The molecule has 2 heterocycles. The summed E-state index contributed by atoms with van der Waals surface area (Å²) in [6, 6.07) is 23.4. The zero-order valence-corrected chi connectivity index (χ0v) is 20.1. The molecule has 4 nitrogen and oxygen atoms in total. The van der Waals surface area contributed by atoms with Crippen LogP contribution in [0.15, 0.2) is 83.6 Å². The van der Waals surface area contributed by atoms with E-state index in [9.17, 15) is 0 Å². The van der Waals surface area contributed by atoms with Crippen molar-refractivity contribution >= 4 is 60.6 Å². The molecule has 32 heavy (non-hydrogen) atoms. The van der Waals surface area contributed by atoms with Crippen molar-refractivity contribution in [2.45, 2.75) is 6.92 Å². The molecule has 0 unspecified atom stereocenters. The Balaban J connectivity index is 1.61. The zero-order valence-electron chi connectivity index (χ0n) is 17.0. The number of anilines is 2. The van der Waals surface area contributed by atoms with Gasteiger partial charge in [0.2, 0.25) is 0 Å². The van der Waals surface area contributed by atoms with Crippen LogP contribution in [-0.4, -0.2) is 9.97 Å². The lowest BCUT2D eigenvalue weighted by Gasteiger charge is -2.14. The number of hydrogen-bond acceptors (Lipinski definition) is 5. The molecule has 0 aliphatic carbocycles. The van der Waals surface area contributed by atoms with Gasteiger partial charge in [-0.3, -0.25) is 0 Å². The molecule has 0 atom stereocenters. The Morgan fingerprint density at radius 2 is 1.75 bits per heavy atom. The predicted molar refractivity (Wildman–Crippen MR) is 137 cm³/mol. The maximum absolute atomic E-state index is 6.32. The Bertz CT molecular complexity index is 1400. The van der Waals surface area contributed by atoms with Gasteiger partial charge in [-0.15, -0.1) is 11.3 Å². The van der Waals surface area contributed by atoms with Gasteiger partial charge in [-0.25, -0.2) is 9.97 Å². The average Bonchev–Trinajstić information content (AvgIpc) is 3.14.